The summed E-state index contributed by atoms with van der Waals surface area (Å²) in [5.74, 6) is -0.0547. The van der Waals surface area contributed by atoms with Crippen molar-refractivity contribution in [3.8, 4) is 5.69 Å². The van der Waals surface area contributed by atoms with Gasteiger partial charge >= 0.3 is 0 Å². The summed E-state index contributed by atoms with van der Waals surface area (Å²) < 4.78 is 1.92. The zero-order valence-corrected chi connectivity index (χ0v) is 17.6. The van der Waals surface area contributed by atoms with Crippen LogP contribution in [0.5, 0.6) is 0 Å². The van der Waals surface area contributed by atoms with Crippen molar-refractivity contribution in [2.75, 3.05) is 20.6 Å². The number of hydrogen-bond acceptors (Lipinski definition) is 4. The monoisotopic (exact) mass is 404 g/mol. The molecule has 0 spiro atoms. The van der Waals surface area contributed by atoms with Gasteiger partial charge in [-0.25, -0.2) is 4.68 Å². The summed E-state index contributed by atoms with van der Waals surface area (Å²) in [4.78, 5) is 16.9. The summed E-state index contributed by atoms with van der Waals surface area (Å²) in [6.07, 6.45) is 0. The van der Waals surface area contributed by atoms with E-state index in [9.17, 15) is 4.79 Å². The SMILES string of the molecule is Cc1nn(-c2ccccc2)c2sc(C(=O)N[C@@H](CN(C)C)c3ccccc3)cc12. The molecule has 0 unspecified atom stereocenters. The van der Waals surface area contributed by atoms with Crippen molar-refractivity contribution >= 4 is 27.5 Å². The molecule has 0 saturated carbocycles. The molecule has 0 saturated heterocycles. The van der Waals surface area contributed by atoms with Gasteiger partial charge in [-0.1, -0.05) is 48.5 Å². The Morgan fingerprint density at radius 2 is 1.76 bits per heavy atom. The number of para-hydroxylation sites is 1. The first kappa shape index (κ1) is 19.4. The number of aromatic nitrogens is 2. The maximum Gasteiger partial charge on any atom is 0.261 e. The van der Waals surface area contributed by atoms with Crippen LogP contribution in [0.4, 0.5) is 0 Å². The number of carbonyl (C=O) groups is 1. The lowest BCUT2D eigenvalue weighted by Gasteiger charge is -2.22. The molecule has 0 fully saturated rings. The predicted octanol–water partition coefficient (Wildman–Crippen LogP) is 4.43. The lowest BCUT2D eigenvalue weighted by Crippen LogP contribution is -2.34. The molecule has 5 nitrogen and oxygen atoms in total. The maximum absolute atomic E-state index is 13.1. The molecule has 4 rings (SSSR count). The van der Waals surface area contributed by atoms with Gasteiger partial charge in [-0.3, -0.25) is 4.79 Å². The Balaban J connectivity index is 1.64. The molecule has 4 aromatic rings. The molecule has 0 radical (unpaired) electrons. The number of thiophene rings is 1. The zero-order valence-electron chi connectivity index (χ0n) is 16.8. The Morgan fingerprint density at radius 1 is 1.10 bits per heavy atom. The molecular weight excluding hydrogens is 380 g/mol. The Bertz CT molecular complexity index is 1120. The Labute approximate surface area is 174 Å². The van der Waals surface area contributed by atoms with Gasteiger partial charge in [0.05, 0.1) is 22.3 Å². The van der Waals surface area contributed by atoms with Crippen LogP contribution < -0.4 is 5.32 Å². The van der Waals surface area contributed by atoms with E-state index < -0.39 is 0 Å². The van der Waals surface area contributed by atoms with Crippen LogP contribution in [0.3, 0.4) is 0 Å². The smallest absolute Gasteiger partial charge is 0.261 e. The Morgan fingerprint density at radius 3 is 2.41 bits per heavy atom. The van der Waals surface area contributed by atoms with E-state index in [0.29, 0.717) is 4.88 Å². The second-order valence-electron chi connectivity index (χ2n) is 7.36. The number of amides is 1. The van der Waals surface area contributed by atoms with Crippen LogP contribution in [-0.2, 0) is 0 Å². The molecule has 1 N–H and O–H groups in total. The number of benzene rings is 2. The van der Waals surface area contributed by atoms with Gasteiger partial charge in [0.15, 0.2) is 0 Å². The first-order valence-corrected chi connectivity index (χ1v) is 10.4. The predicted molar refractivity (Wildman–Crippen MR) is 119 cm³/mol. The summed E-state index contributed by atoms with van der Waals surface area (Å²) in [5.41, 5.74) is 3.02. The standard InChI is InChI=1S/C23H24N4OS/c1-16-19-14-21(29-23(19)27(25-16)18-12-8-5-9-13-18)22(28)24-20(15-26(2)3)17-10-6-4-7-11-17/h4-14,20H,15H2,1-3H3,(H,24,28)/t20-/m0/s1. The number of hydrogen-bond donors (Lipinski definition) is 1. The van der Waals surface area contributed by atoms with Crippen molar-refractivity contribution in [2.45, 2.75) is 13.0 Å². The summed E-state index contributed by atoms with van der Waals surface area (Å²) in [5, 5.41) is 8.89. The number of aryl methyl sites for hydroxylation is 1. The van der Waals surface area contributed by atoms with Gasteiger partial charge in [0.1, 0.15) is 4.83 Å². The van der Waals surface area contributed by atoms with E-state index in [4.69, 9.17) is 0 Å². The second-order valence-corrected chi connectivity index (χ2v) is 8.39. The summed E-state index contributed by atoms with van der Waals surface area (Å²) in [7, 11) is 4.03. The Hall–Kier alpha value is -2.96. The van der Waals surface area contributed by atoms with Crippen molar-refractivity contribution in [3.63, 3.8) is 0 Å². The number of rotatable bonds is 6. The van der Waals surface area contributed by atoms with E-state index >= 15 is 0 Å². The molecule has 0 aliphatic carbocycles. The van der Waals surface area contributed by atoms with Gasteiger partial charge in [-0.2, -0.15) is 5.10 Å². The van der Waals surface area contributed by atoms with Crippen molar-refractivity contribution in [1.82, 2.24) is 20.0 Å². The van der Waals surface area contributed by atoms with Crippen LogP contribution >= 0.6 is 11.3 Å². The third-order valence-corrected chi connectivity index (χ3v) is 5.93. The molecule has 2 heterocycles. The van der Waals surface area contributed by atoms with Crippen LogP contribution in [0.1, 0.15) is 27.0 Å². The van der Waals surface area contributed by atoms with Gasteiger partial charge in [0.2, 0.25) is 0 Å². The second kappa shape index (κ2) is 8.19. The van der Waals surface area contributed by atoms with Gasteiger partial charge < -0.3 is 10.2 Å². The topological polar surface area (TPSA) is 50.2 Å². The zero-order chi connectivity index (χ0) is 20.4. The summed E-state index contributed by atoms with van der Waals surface area (Å²) in [6.45, 7) is 2.71. The third-order valence-electron chi connectivity index (χ3n) is 4.82. The first-order valence-electron chi connectivity index (χ1n) is 9.58. The maximum atomic E-state index is 13.1. The molecule has 1 amide bonds. The van der Waals surface area contributed by atoms with E-state index in [1.165, 1.54) is 11.3 Å². The third kappa shape index (κ3) is 4.09. The Kier molecular flexibility index (Phi) is 5.47. The van der Waals surface area contributed by atoms with Crippen molar-refractivity contribution in [1.29, 1.82) is 0 Å². The van der Waals surface area contributed by atoms with Crippen LogP contribution in [0.2, 0.25) is 0 Å². The molecule has 148 valence electrons. The molecule has 0 aliphatic heterocycles. The lowest BCUT2D eigenvalue weighted by atomic mass is 10.1. The molecule has 29 heavy (non-hydrogen) atoms. The molecule has 2 aromatic carbocycles. The molecule has 0 aliphatic rings. The fourth-order valence-corrected chi connectivity index (χ4v) is 4.50. The molecule has 2 aromatic heterocycles. The number of likely N-dealkylation sites (N-methyl/N-ethyl adjacent to an activating group) is 1. The first-order chi connectivity index (χ1) is 14.0. The van der Waals surface area contributed by atoms with Gasteiger partial charge in [-0.05, 0) is 44.8 Å². The normalized spacial score (nSPS) is 12.4. The summed E-state index contributed by atoms with van der Waals surface area (Å²) >= 11 is 1.48. The average molecular weight is 405 g/mol. The van der Waals surface area contributed by atoms with Crippen molar-refractivity contribution in [3.05, 3.63) is 82.9 Å². The highest BCUT2D eigenvalue weighted by Crippen LogP contribution is 2.30. The summed E-state index contributed by atoms with van der Waals surface area (Å²) in [6, 6.07) is 22.0. The van der Waals surface area contributed by atoms with E-state index in [0.717, 1.165) is 33.7 Å². The minimum atomic E-state index is -0.0735. The highest BCUT2D eigenvalue weighted by atomic mass is 32.1. The van der Waals surface area contributed by atoms with E-state index in [2.05, 4.69) is 27.4 Å². The van der Waals surface area contributed by atoms with E-state index in [-0.39, 0.29) is 11.9 Å². The molecular formula is C23H24N4OS. The number of fused-ring (bicyclic) bond motifs is 1. The van der Waals surface area contributed by atoms with E-state index in [1.807, 2.05) is 80.3 Å². The molecule has 1 atom stereocenters. The van der Waals surface area contributed by atoms with Crippen LogP contribution in [0.25, 0.3) is 15.9 Å². The fraction of sp³-hybridized carbons (Fsp3) is 0.217. The highest BCUT2D eigenvalue weighted by molar-refractivity contribution is 7.20. The largest absolute Gasteiger partial charge is 0.343 e. The minimum absolute atomic E-state index is 0.0547. The number of nitrogens with one attached hydrogen (secondary N) is 1. The number of nitrogens with zero attached hydrogens (tertiary/aromatic N) is 3. The van der Waals surface area contributed by atoms with Gasteiger partial charge in [-0.15, -0.1) is 11.3 Å². The van der Waals surface area contributed by atoms with E-state index in [1.54, 1.807) is 0 Å². The van der Waals surface area contributed by atoms with Gasteiger partial charge in [0.25, 0.3) is 5.91 Å². The molecule has 6 heteroatoms. The van der Waals surface area contributed by atoms with Crippen molar-refractivity contribution < 1.29 is 4.79 Å². The van der Waals surface area contributed by atoms with Crippen LogP contribution in [0.15, 0.2) is 66.7 Å². The average Bonchev–Trinajstić information content (AvgIpc) is 3.29. The van der Waals surface area contributed by atoms with Crippen molar-refractivity contribution in [2.24, 2.45) is 0 Å². The minimum Gasteiger partial charge on any atom is -0.343 e. The highest BCUT2D eigenvalue weighted by Gasteiger charge is 2.21. The molecule has 0 bridgehead atoms. The number of carbonyl (C=O) groups excluding carboxylic acids is 1. The van der Waals surface area contributed by atoms with Crippen LogP contribution in [-0.4, -0.2) is 41.2 Å². The quantitative estimate of drug-likeness (QED) is 0.517. The van der Waals surface area contributed by atoms with Crippen LogP contribution in [0, 0.1) is 6.92 Å². The lowest BCUT2D eigenvalue weighted by molar-refractivity contribution is 0.0934. The fourth-order valence-electron chi connectivity index (χ4n) is 3.42. The van der Waals surface area contributed by atoms with Gasteiger partial charge in [0, 0.05) is 11.9 Å².